The van der Waals surface area contributed by atoms with Gasteiger partial charge in [0.15, 0.2) is 11.7 Å². The van der Waals surface area contributed by atoms with Crippen molar-refractivity contribution in [2.75, 3.05) is 40.4 Å². The molecule has 1 aromatic carbocycles. The average Bonchev–Trinajstić information content (AvgIpc) is 2.60. The highest BCUT2D eigenvalue weighted by atomic mass is 16.5. The molecule has 0 radical (unpaired) electrons. The Morgan fingerprint density at radius 1 is 1.17 bits per heavy atom. The highest BCUT2D eigenvalue weighted by molar-refractivity contribution is 6.02. The molecule has 0 aliphatic carbocycles. The maximum Gasteiger partial charge on any atom is 0.253 e. The van der Waals surface area contributed by atoms with Gasteiger partial charge in [-0.25, -0.2) is 0 Å². The zero-order chi connectivity index (χ0) is 17.3. The van der Waals surface area contributed by atoms with Crippen molar-refractivity contribution in [3.05, 3.63) is 40.8 Å². The molecule has 2 aliphatic rings. The van der Waals surface area contributed by atoms with E-state index in [0.717, 1.165) is 24.5 Å². The highest BCUT2D eigenvalue weighted by Gasteiger charge is 2.25. The fourth-order valence-electron chi connectivity index (χ4n) is 2.93. The van der Waals surface area contributed by atoms with Crippen LogP contribution in [0.4, 0.5) is 0 Å². The van der Waals surface area contributed by atoms with Crippen LogP contribution in [-0.2, 0) is 11.2 Å². The third kappa shape index (κ3) is 3.14. The Kier molecular flexibility index (Phi) is 4.57. The SMILES string of the molecule is CC(=O)c1cc(C(=O)N(C)C)cc2c1OC(N1CCOCC1)=CC2. The molecule has 24 heavy (non-hydrogen) atoms. The first kappa shape index (κ1) is 16.5. The number of ether oxygens (including phenoxy) is 2. The molecular weight excluding hydrogens is 308 g/mol. The number of morpholine rings is 1. The van der Waals surface area contributed by atoms with Gasteiger partial charge in [-0.3, -0.25) is 9.59 Å². The molecule has 2 heterocycles. The van der Waals surface area contributed by atoms with Crippen molar-refractivity contribution in [1.82, 2.24) is 9.80 Å². The van der Waals surface area contributed by atoms with Crippen molar-refractivity contribution in [1.29, 1.82) is 0 Å². The third-order valence-corrected chi connectivity index (χ3v) is 4.22. The lowest BCUT2D eigenvalue weighted by Gasteiger charge is -2.33. The number of allylic oxidation sites excluding steroid dienone is 1. The second-order valence-corrected chi connectivity index (χ2v) is 6.22. The largest absolute Gasteiger partial charge is 0.440 e. The number of Topliss-reactive ketones (excluding diaryl/α,β-unsaturated/α-hetero) is 1. The number of nitrogens with zero attached hydrogens (tertiary/aromatic N) is 2. The number of hydrogen-bond donors (Lipinski definition) is 0. The lowest BCUT2D eigenvalue weighted by Crippen LogP contribution is -2.38. The quantitative estimate of drug-likeness (QED) is 0.790. The summed E-state index contributed by atoms with van der Waals surface area (Å²) < 4.78 is 11.4. The number of amides is 1. The van der Waals surface area contributed by atoms with Gasteiger partial charge in [0.25, 0.3) is 5.91 Å². The Hall–Kier alpha value is -2.34. The van der Waals surface area contributed by atoms with Crippen LogP contribution in [0.5, 0.6) is 5.75 Å². The number of carbonyl (C=O) groups excluding carboxylic acids is 2. The summed E-state index contributed by atoms with van der Waals surface area (Å²) in [7, 11) is 3.39. The number of fused-ring (bicyclic) bond motifs is 1. The van der Waals surface area contributed by atoms with Crippen LogP contribution in [0.3, 0.4) is 0 Å². The Morgan fingerprint density at radius 3 is 2.50 bits per heavy atom. The predicted molar refractivity (Wildman–Crippen MR) is 89.3 cm³/mol. The minimum absolute atomic E-state index is 0.108. The molecule has 1 amide bonds. The Bertz CT molecular complexity index is 703. The van der Waals surface area contributed by atoms with Crippen LogP contribution >= 0.6 is 0 Å². The fourth-order valence-corrected chi connectivity index (χ4v) is 2.93. The van der Waals surface area contributed by atoms with E-state index in [1.54, 1.807) is 20.2 Å². The van der Waals surface area contributed by atoms with Crippen LogP contribution in [0.25, 0.3) is 0 Å². The summed E-state index contributed by atoms with van der Waals surface area (Å²) in [6, 6.07) is 3.45. The Labute approximate surface area is 141 Å². The normalized spacial score (nSPS) is 16.8. The van der Waals surface area contributed by atoms with Crippen LogP contribution in [0.1, 0.15) is 33.2 Å². The maximum atomic E-state index is 12.3. The first-order valence-electron chi connectivity index (χ1n) is 8.07. The van der Waals surface area contributed by atoms with Gasteiger partial charge in [0, 0.05) is 38.3 Å². The van der Waals surface area contributed by atoms with E-state index in [1.165, 1.54) is 11.8 Å². The molecule has 0 atom stereocenters. The zero-order valence-corrected chi connectivity index (χ0v) is 14.3. The molecular formula is C18H22N2O4. The number of benzene rings is 1. The number of rotatable bonds is 3. The summed E-state index contributed by atoms with van der Waals surface area (Å²) >= 11 is 0. The number of ketones is 1. The molecule has 0 spiro atoms. The first-order chi connectivity index (χ1) is 11.5. The summed E-state index contributed by atoms with van der Waals surface area (Å²) in [4.78, 5) is 28.0. The van der Waals surface area contributed by atoms with E-state index in [-0.39, 0.29) is 11.7 Å². The zero-order valence-electron chi connectivity index (χ0n) is 14.3. The Balaban J connectivity index is 1.95. The summed E-state index contributed by atoms with van der Waals surface area (Å²) in [6.07, 6.45) is 2.64. The molecule has 6 heteroatoms. The van der Waals surface area contributed by atoms with Gasteiger partial charge >= 0.3 is 0 Å². The van der Waals surface area contributed by atoms with E-state index in [2.05, 4.69) is 4.90 Å². The molecule has 1 aromatic rings. The smallest absolute Gasteiger partial charge is 0.253 e. The summed E-state index contributed by atoms with van der Waals surface area (Å²) in [5, 5.41) is 0. The van der Waals surface area contributed by atoms with Gasteiger partial charge in [0.1, 0.15) is 5.75 Å². The van der Waals surface area contributed by atoms with Gasteiger partial charge < -0.3 is 19.3 Å². The number of carbonyl (C=O) groups is 2. The van der Waals surface area contributed by atoms with Gasteiger partial charge in [-0.1, -0.05) is 0 Å². The van der Waals surface area contributed by atoms with Crippen LogP contribution < -0.4 is 4.74 Å². The van der Waals surface area contributed by atoms with E-state index in [1.807, 2.05) is 12.1 Å². The number of hydrogen-bond acceptors (Lipinski definition) is 5. The van der Waals surface area contributed by atoms with Gasteiger partial charge in [-0.2, -0.15) is 0 Å². The fraction of sp³-hybridized carbons (Fsp3) is 0.444. The standard InChI is InChI=1S/C18H22N2O4/c1-12(21)15-11-14(18(22)19(2)3)10-13-4-5-16(24-17(13)15)20-6-8-23-9-7-20/h5,10-11H,4,6-9H2,1-3H3. The topological polar surface area (TPSA) is 59.1 Å². The molecule has 1 fully saturated rings. The molecule has 0 aromatic heterocycles. The maximum absolute atomic E-state index is 12.3. The second kappa shape index (κ2) is 6.65. The van der Waals surface area contributed by atoms with Crippen LogP contribution in [0.2, 0.25) is 0 Å². The second-order valence-electron chi connectivity index (χ2n) is 6.22. The van der Waals surface area contributed by atoms with Gasteiger partial charge in [-0.15, -0.1) is 0 Å². The summed E-state index contributed by atoms with van der Waals surface area (Å²) in [5.74, 6) is 1.10. The highest BCUT2D eigenvalue weighted by Crippen LogP contribution is 2.33. The van der Waals surface area contributed by atoms with E-state index in [9.17, 15) is 9.59 Å². The lowest BCUT2D eigenvalue weighted by molar-refractivity contribution is 0.0338. The van der Waals surface area contributed by atoms with E-state index in [0.29, 0.717) is 36.5 Å². The van der Waals surface area contributed by atoms with Crippen LogP contribution in [-0.4, -0.2) is 61.9 Å². The van der Waals surface area contributed by atoms with Crippen molar-refractivity contribution < 1.29 is 19.1 Å². The summed E-state index contributed by atoms with van der Waals surface area (Å²) in [6.45, 7) is 4.38. The predicted octanol–water partition coefficient (Wildman–Crippen LogP) is 1.70. The van der Waals surface area contributed by atoms with Gasteiger partial charge in [0.05, 0.1) is 18.8 Å². The molecule has 128 valence electrons. The van der Waals surface area contributed by atoms with Crippen molar-refractivity contribution in [2.24, 2.45) is 0 Å². The average molecular weight is 330 g/mol. The van der Waals surface area contributed by atoms with Gasteiger partial charge in [0.2, 0.25) is 0 Å². The van der Waals surface area contributed by atoms with Crippen LogP contribution in [0, 0.1) is 0 Å². The van der Waals surface area contributed by atoms with Crippen molar-refractivity contribution >= 4 is 11.7 Å². The minimum atomic E-state index is -0.122. The molecule has 0 unspecified atom stereocenters. The van der Waals surface area contributed by atoms with Crippen LogP contribution in [0.15, 0.2) is 24.1 Å². The van der Waals surface area contributed by atoms with E-state index < -0.39 is 0 Å². The molecule has 2 aliphatic heterocycles. The molecule has 1 saturated heterocycles. The van der Waals surface area contributed by atoms with Crippen molar-refractivity contribution in [3.63, 3.8) is 0 Å². The molecule has 3 rings (SSSR count). The van der Waals surface area contributed by atoms with Gasteiger partial charge in [-0.05, 0) is 31.6 Å². The molecule has 0 bridgehead atoms. The lowest BCUT2D eigenvalue weighted by atomic mass is 9.97. The van der Waals surface area contributed by atoms with E-state index in [4.69, 9.17) is 9.47 Å². The first-order valence-corrected chi connectivity index (χ1v) is 8.07. The monoisotopic (exact) mass is 330 g/mol. The molecule has 0 N–H and O–H groups in total. The molecule has 0 saturated carbocycles. The third-order valence-electron chi connectivity index (χ3n) is 4.22. The van der Waals surface area contributed by atoms with Crippen molar-refractivity contribution in [2.45, 2.75) is 13.3 Å². The molecule has 6 nitrogen and oxygen atoms in total. The van der Waals surface area contributed by atoms with E-state index >= 15 is 0 Å². The summed E-state index contributed by atoms with van der Waals surface area (Å²) in [5.41, 5.74) is 1.83. The Morgan fingerprint density at radius 2 is 1.88 bits per heavy atom. The van der Waals surface area contributed by atoms with Crippen molar-refractivity contribution in [3.8, 4) is 5.75 Å². The minimum Gasteiger partial charge on any atom is -0.440 e.